The van der Waals surface area contributed by atoms with Crippen molar-refractivity contribution in [2.45, 2.75) is 38.1 Å². The van der Waals surface area contributed by atoms with Gasteiger partial charge in [0.05, 0.1) is 0 Å². The quantitative estimate of drug-likeness (QED) is 0.633. The van der Waals surface area contributed by atoms with Gasteiger partial charge in [-0.2, -0.15) is 0 Å². The third-order valence-corrected chi connectivity index (χ3v) is 6.21. The third-order valence-electron chi connectivity index (χ3n) is 6.21. The molecule has 0 amide bonds. The van der Waals surface area contributed by atoms with E-state index in [2.05, 4.69) is 39.1 Å². The van der Waals surface area contributed by atoms with Crippen LogP contribution in [0.1, 0.15) is 37.7 Å². The molecule has 0 unspecified atom stereocenters. The maximum absolute atomic E-state index is 6.26. The molecular formula is C24H32N4. The van der Waals surface area contributed by atoms with E-state index in [0.717, 1.165) is 23.5 Å². The molecule has 0 saturated carbocycles. The van der Waals surface area contributed by atoms with Crippen LogP contribution in [0.25, 0.3) is 10.8 Å². The number of hydrogen-bond donors (Lipinski definition) is 1. The molecule has 0 bridgehead atoms. The Morgan fingerprint density at radius 1 is 0.964 bits per heavy atom. The van der Waals surface area contributed by atoms with E-state index in [1.807, 2.05) is 30.5 Å². The van der Waals surface area contributed by atoms with E-state index in [-0.39, 0.29) is 0 Å². The summed E-state index contributed by atoms with van der Waals surface area (Å²) in [5, 5.41) is 2.35. The number of rotatable bonds is 5. The zero-order valence-corrected chi connectivity index (χ0v) is 16.8. The van der Waals surface area contributed by atoms with Gasteiger partial charge in [-0.1, -0.05) is 55.0 Å². The van der Waals surface area contributed by atoms with Crippen LogP contribution in [0.3, 0.4) is 0 Å². The van der Waals surface area contributed by atoms with Crippen molar-refractivity contribution in [3.63, 3.8) is 0 Å². The maximum Gasteiger partial charge on any atom is 0.131 e. The van der Waals surface area contributed by atoms with Crippen molar-refractivity contribution in [2.75, 3.05) is 32.7 Å². The fraction of sp³-hybridized carbons (Fsp3) is 0.458. The summed E-state index contributed by atoms with van der Waals surface area (Å²) < 4.78 is 0. The number of amidine groups is 1. The Labute approximate surface area is 168 Å². The third kappa shape index (κ3) is 4.62. The van der Waals surface area contributed by atoms with E-state index in [1.165, 1.54) is 63.7 Å². The second kappa shape index (κ2) is 9.35. The molecule has 2 aliphatic rings. The Hall–Kier alpha value is -2.17. The molecular weight excluding hydrogens is 344 g/mol. The lowest BCUT2D eigenvalue weighted by Gasteiger charge is -2.40. The van der Waals surface area contributed by atoms with E-state index in [9.17, 15) is 0 Å². The number of piperidine rings is 2. The first kappa shape index (κ1) is 19.2. The molecule has 2 aliphatic heterocycles. The zero-order chi connectivity index (χ0) is 19.2. The summed E-state index contributed by atoms with van der Waals surface area (Å²) in [6.45, 7) is 5.96. The van der Waals surface area contributed by atoms with Crippen molar-refractivity contribution in [3.05, 3.63) is 60.3 Å². The Bertz CT molecular complexity index is 822. The minimum atomic E-state index is 0.580. The average Bonchev–Trinajstić information content (AvgIpc) is 2.77. The van der Waals surface area contributed by atoms with Gasteiger partial charge >= 0.3 is 0 Å². The first-order chi connectivity index (χ1) is 13.8. The van der Waals surface area contributed by atoms with Gasteiger partial charge in [-0.15, -0.1) is 0 Å². The standard InChI is InChI=1S/C24H32N4/c25-24(23-11-6-9-20-8-2-3-10-22(20)23)26-14-7-15-27-18-12-21(13-19-27)28-16-4-1-5-17-28/h2-3,6-11,14,21H,1,4-5,12-13,15-19H2,(H2,25,26)/b14-7+. The smallest absolute Gasteiger partial charge is 0.131 e. The molecule has 2 N–H and O–H groups in total. The van der Waals surface area contributed by atoms with Crippen LogP contribution in [0, 0.1) is 0 Å². The summed E-state index contributed by atoms with van der Waals surface area (Å²) in [6, 6.07) is 15.3. The van der Waals surface area contributed by atoms with Gasteiger partial charge < -0.3 is 10.6 Å². The number of aliphatic imine (C=N–C) groups is 1. The first-order valence-electron chi connectivity index (χ1n) is 10.7. The highest BCUT2D eigenvalue weighted by molar-refractivity contribution is 6.09. The fourth-order valence-electron chi connectivity index (χ4n) is 4.60. The van der Waals surface area contributed by atoms with Crippen LogP contribution < -0.4 is 5.73 Å². The molecule has 0 spiro atoms. The largest absolute Gasteiger partial charge is 0.383 e. The number of fused-ring (bicyclic) bond motifs is 1. The number of benzene rings is 2. The fourth-order valence-corrected chi connectivity index (χ4v) is 4.60. The first-order valence-corrected chi connectivity index (χ1v) is 10.7. The second-order valence-electron chi connectivity index (χ2n) is 8.05. The topological polar surface area (TPSA) is 44.9 Å². The van der Waals surface area contributed by atoms with Crippen LogP contribution in [0.5, 0.6) is 0 Å². The maximum atomic E-state index is 6.26. The van der Waals surface area contributed by atoms with Crippen molar-refractivity contribution in [2.24, 2.45) is 10.7 Å². The lowest BCUT2D eigenvalue weighted by molar-refractivity contribution is 0.0974. The van der Waals surface area contributed by atoms with E-state index in [1.54, 1.807) is 0 Å². The van der Waals surface area contributed by atoms with Crippen LogP contribution in [-0.4, -0.2) is 54.4 Å². The molecule has 0 radical (unpaired) electrons. The van der Waals surface area contributed by atoms with Gasteiger partial charge in [0.15, 0.2) is 0 Å². The molecule has 0 aliphatic carbocycles. The van der Waals surface area contributed by atoms with Gasteiger partial charge in [-0.25, -0.2) is 4.99 Å². The van der Waals surface area contributed by atoms with Crippen LogP contribution >= 0.6 is 0 Å². The molecule has 4 heteroatoms. The van der Waals surface area contributed by atoms with E-state index in [0.29, 0.717) is 5.84 Å². The minimum absolute atomic E-state index is 0.580. The summed E-state index contributed by atoms with van der Waals surface area (Å²) in [5.74, 6) is 0.580. The van der Waals surface area contributed by atoms with Crippen molar-refractivity contribution < 1.29 is 0 Å². The Balaban J connectivity index is 1.29. The molecule has 4 rings (SSSR count). The Kier molecular flexibility index (Phi) is 6.40. The van der Waals surface area contributed by atoms with Gasteiger partial charge in [0.1, 0.15) is 5.84 Å². The second-order valence-corrected chi connectivity index (χ2v) is 8.05. The molecule has 2 fully saturated rings. The molecule has 0 aromatic heterocycles. The highest BCUT2D eigenvalue weighted by atomic mass is 15.2. The van der Waals surface area contributed by atoms with Crippen molar-refractivity contribution in [1.29, 1.82) is 0 Å². The zero-order valence-electron chi connectivity index (χ0n) is 16.8. The molecule has 2 heterocycles. The normalized spacial score (nSPS) is 20.9. The van der Waals surface area contributed by atoms with E-state index >= 15 is 0 Å². The predicted octanol–water partition coefficient (Wildman–Crippen LogP) is 4.01. The van der Waals surface area contributed by atoms with Gasteiger partial charge in [-0.05, 0) is 62.6 Å². The summed E-state index contributed by atoms with van der Waals surface area (Å²) >= 11 is 0. The summed E-state index contributed by atoms with van der Waals surface area (Å²) in [5.41, 5.74) is 7.27. The molecule has 28 heavy (non-hydrogen) atoms. The Morgan fingerprint density at radius 2 is 1.71 bits per heavy atom. The lowest BCUT2D eigenvalue weighted by Crippen LogP contribution is -2.46. The van der Waals surface area contributed by atoms with Crippen LogP contribution in [0.15, 0.2) is 59.7 Å². The lowest BCUT2D eigenvalue weighted by atomic mass is 10.00. The number of nitrogens with zero attached hydrogens (tertiary/aromatic N) is 3. The van der Waals surface area contributed by atoms with Gasteiger partial charge in [-0.3, -0.25) is 4.90 Å². The number of nitrogens with two attached hydrogens (primary N) is 1. The summed E-state index contributed by atoms with van der Waals surface area (Å²) in [7, 11) is 0. The van der Waals surface area contributed by atoms with Gasteiger partial charge in [0.2, 0.25) is 0 Å². The number of likely N-dealkylation sites (tertiary alicyclic amines) is 2. The van der Waals surface area contributed by atoms with Crippen LogP contribution in [0.2, 0.25) is 0 Å². The molecule has 2 saturated heterocycles. The Morgan fingerprint density at radius 3 is 2.54 bits per heavy atom. The molecule has 2 aromatic carbocycles. The number of hydrogen-bond acceptors (Lipinski definition) is 3. The van der Waals surface area contributed by atoms with E-state index in [4.69, 9.17) is 5.73 Å². The van der Waals surface area contributed by atoms with Crippen molar-refractivity contribution in [3.8, 4) is 0 Å². The summed E-state index contributed by atoms with van der Waals surface area (Å²) in [6.07, 6.45) is 10.8. The van der Waals surface area contributed by atoms with Crippen molar-refractivity contribution >= 4 is 16.6 Å². The minimum Gasteiger partial charge on any atom is -0.383 e. The molecule has 4 nitrogen and oxygen atoms in total. The van der Waals surface area contributed by atoms with Gasteiger partial charge in [0, 0.05) is 24.4 Å². The summed E-state index contributed by atoms with van der Waals surface area (Å²) in [4.78, 5) is 9.75. The van der Waals surface area contributed by atoms with Gasteiger partial charge in [0.25, 0.3) is 0 Å². The molecule has 148 valence electrons. The predicted molar refractivity (Wildman–Crippen MR) is 119 cm³/mol. The SMILES string of the molecule is NC(=N/C=C/CN1CCC(N2CCCCC2)CC1)c1cccc2ccccc12. The molecule has 0 atom stereocenters. The highest BCUT2D eigenvalue weighted by Crippen LogP contribution is 2.21. The molecule has 2 aromatic rings. The highest BCUT2D eigenvalue weighted by Gasteiger charge is 2.24. The van der Waals surface area contributed by atoms with E-state index < -0.39 is 0 Å². The monoisotopic (exact) mass is 376 g/mol. The average molecular weight is 377 g/mol. The van der Waals surface area contributed by atoms with Crippen LogP contribution in [-0.2, 0) is 0 Å². The van der Waals surface area contributed by atoms with Crippen LogP contribution in [0.4, 0.5) is 0 Å². The van der Waals surface area contributed by atoms with Crippen molar-refractivity contribution in [1.82, 2.24) is 9.80 Å².